The zero-order valence-corrected chi connectivity index (χ0v) is 14.7. The van der Waals surface area contributed by atoms with Crippen LogP contribution in [0, 0.1) is 0 Å². The van der Waals surface area contributed by atoms with Crippen molar-refractivity contribution >= 4 is 17.4 Å². The molecule has 1 aromatic rings. The van der Waals surface area contributed by atoms with Gasteiger partial charge in [-0.1, -0.05) is 17.7 Å². The van der Waals surface area contributed by atoms with Crippen LogP contribution in [0.1, 0.15) is 24.8 Å². The fraction of sp³-hybridized carbons (Fsp3) is 0.588. The highest BCUT2D eigenvalue weighted by Crippen LogP contribution is 2.33. The number of aliphatic hydroxyl groups is 1. The number of rotatable bonds is 6. The summed E-state index contributed by atoms with van der Waals surface area (Å²) in [6, 6.07) is 0.922. The van der Waals surface area contributed by atoms with E-state index in [0.717, 1.165) is 31.6 Å². The SMILES string of the molecule is C=CCCC(O)CN1CCCN(c2ncc(C(F)(F)F)cc2Cl)CC1. The quantitative estimate of drug-likeness (QED) is 0.769. The second kappa shape index (κ2) is 8.87. The Bertz CT molecular complexity index is 583. The Morgan fingerprint density at radius 3 is 2.72 bits per heavy atom. The summed E-state index contributed by atoms with van der Waals surface area (Å²) in [6.07, 6.45) is 0.0217. The molecule has 0 bridgehead atoms. The first-order valence-electron chi connectivity index (χ1n) is 8.30. The van der Waals surface area contributed by atoms with Crippen LogP contribution >= 0.6 is 11.6 Å². The van der Waals surface area contributed by atoms with Gasteiger partial charge in [-0.3, -0.25) is 4.90 Å². The molecule has 1 atom stereocenters. The summed E-state index contributed by atoms with van der Waals surface area (Å²) in [5.74, 6) is 0.378. The van der Waals surface area contributed by atoms with Crippen LogP contribution in [0.3, 0.4) is 0 Å². The zero-order chi connectivity index (χ0) is 18.4. The van der Waals surface area contributed by atoms with Crippen molar-refractivity contribution in [2.45, 2.75) is 31.5 Å². The second-order valence-electron chi connectivity index (χ2n) is 6.19. The number of nitrogens with zero attached hydrogens (tertiary/aromatic N) is 3. The van der Waals surface area contributed by atoms with Gasteiger partial charge in [0.1, 0.15) is 5.82 Å². The van der Waals surface area contributed by atoms with Crippen molar-refractivity contribution in [2.24, 2.45) is 0 Å². The Balaban J connectivity index is 1.97. The summed E-state index contributed by atoms with van der Waals surface area (Å²) < 4.78 is 38.2. The maximum absolute atomic E-state index is 12.7. The first-order valence-corrected chi connectivity index (χ1v) is 8.68. The van der Waals surface area contributed by atoms with Gasteiger partial charge in [-0.15, -0.1) is 6.58 Å². The summed E-state index contributed by atoms with van der Waals surface area (Å²) in [5.41, 5.74) is -0.844. The highest BCUT2D eigenvalue weighted by Gasteiger charge is 2.32. The van der Waals surface area contributed by atoms with Crippen LogP contribution in [0.2, 0.25) is 5.02 Å². The van der Waals surface area contributed by atoms with Crippen molar-refractivity contribution in [3.63, 3.8) is 0 Å². The fourth-order valence-corrected chi connectivity index (χ4v) is 3.17. The first kappa shape index (κ1) is 20.0. The van der Waals surface area contributed by atoms with Crippen molar-refractivity contribution in [1.82, 2.24) is 9.88 Å². The monoisotopic (exact) mass is 377 g/mol. The summed E-state index contributed by atoms with van der Waals surface area (Å²) in [4.78, 5) is 7.99. The van der Waals surface area contributed by atoms with E-state index in [1.807, 2.05) is 4.90 Å². The largest absolute Gasteiger partial charge is 0.417 e. The molecule has 0 saturated carbocycles. The van der Waals surface area contributed by atoms with Crippen LogP contribution in [-0.2, 0) is 6.18 Å². The molecule has 140 valence electrons. The summed E-state index contributed by atoms with van der Waals surface area (Å²) in [6.45, 7) is 7.01. The predicted octanol–water partition coefficient (Wildman–Crippen LogP) is 3.59. The van der Waals surface area contributed by atoms with Crippen molar-refractivity contribution in [2.75, 3.05) is 37.6 Å². The fourth-order valence-electron chi connectivity index (χ4n) is 2.88. The van der Waals surface area contributed by atoms with E-state index in [2.05, 4.69) is 16.5 Å². The number of aromatic nitrogens is 1. The average molecular weight is 378 g/mol. The third kappa shape index (κ3) is 5.87. The Morgan fingerprint density at radius 1 is 1.32 bits per heavy atom. The molecule has 1 aliphatic heterocycles. The molecule has 1 fully saturated rings. The lowest BCUT2D eigenvalue weighted by Gasteiger charge is -2.25. The van der Waals surface area contributed by atoms with Crippen LogP contribution < -0.4 is 4.90 Å². The van der Waals surface area contributed by atoms with Gasteiger partial charge in [0.2, 0.25) is 0 Å². The number of halogens is 4. The number of allylic oxidation sites excluding steroid dienone is 1. The molecular weight excluding hydrogens is 355 g/mol. The Morgan fingerprint density at radius 2 is 2.08 bits per heavy atom. The van der Waals surface area contributed by atoms with Crippen LogP contribution in [0.15, 0.2) is 24.9 Å². The molecule has 0 amide bonds. The van der Waals surface area contributed by atoms with Gasteiger partial charge in [0.15, 0.2) is 0 Å². The van der Waals surface area contributed by atoms with E-state index in [9.17, 15) is 18.3 Å². The average Bonchev–Trinajstić information content (AvgIpc) is 2.77. The Labute approximate surface area is 150 Å². The molecule has 2 rings (SSSR count). The van der Waals surface area contributed by atoms with E-state index < -0.39 is 17.8 Å². The molecule has 1 saturated heterocycles. The van der Waals surface area contributed by atoms with Crippen molar-refractivity contribution < 1.29 is 18.3 Å². The minimum atomic E-state index is -4.45. The van der Waals surface area contributed by atoms with E-state index in [1.54, 1.807) is 6.08 Å². The molecule has 8 heteroatoms. The summed E-state index contributed by atoms with van der Waals surface area (Å²) >= 11 is 6.03. The normalized spacial score (nSPS) is 18.0. The molecule has 0 aliphatic carbocycles. The Kier molecular flexibility index (Phi) is 7.10. The van der Waals surface area contributed by atoms with E-state index in [0.29, 0.717) is 38.4 Å². The molecule has 2 heterocycles. The number of pyridine rings is 1. The number of hydrogen-bond acceptors (Lipinski definition) is 4. The lowest BCUT2D eigenvalue weighted by atomic mass is 10.2. The van der Waals surface area contributed by atoms with Gasteiger partial charge in [-0.05, 0) is 31.9 Å². The van der Waals surface area contributed by atoms with Gasteiger partial charge in [-0.2, -0.15) is 13.2 Å². The van der Waals surface area contributed by atoms with Crippen LogP contribution in [0.5, 0.6) is 0 Å². The molecule has 1 unspecified atom stereocenters. The third-order valence-corrected chi connectivity index (χ3v) is 4.49. The second-order valence-corrected chi connectivity index (χ2v) is 6.60. The van der Waals surface area contributed by atoms with Gasteiger partial charge >= 0.3 is 6.18 Å². The maximum atomic E-state index is 12.7. The predicted molar refractivity (Wildman–Crippen MR) is 93.0 cm³/mol. The van der Waals surface area contributed by atoms with E-state index >= 15 is 0 Å². The van der Waals surface area contributed by atoms with Crippen LogP contribution in [0.4, 0.5) is 19.0 Å². The van der Waals surface area contributed by atoms with Crippen LogP contribution in [-0.4, -0.2) is 53.8 Å². The minimum absolute atomic E-state index is 0.00860. The molecule has 0 radical (unpaired) electrons. The third-order valence-electron chi connectivity index (χ3n) is 4.21. The van der Waals surface area contributed by atoms with Gasteiger partial charge in [0.25, 0.3) is 0 Å². The number of hydrogen-bond donors (Lipinski definition) is 1. The molecule has 4 nitrogen and oxygen atoms in total. The summed E-state index contributed by atoms with van der Waals surface area (Å²) in [5, 5.41) is 10.0. The molecule has 0 aromatic carbocycles. The molecule has 0 spiro atoms. The summed E-state index contributed by atoms with van der Waals surface area (Å²) in [7, 11) is 0. The van der Waals surface area contributed by atoms with E-state index in [-0.39, 0.29) is 5.02 Å². The van der Waals surface area contributed by atoms with E-state index in [4.69, 9.17) is 11.6 Å². The first-order chi connectivity index (χ1) is 11.8. The molecule has 1 N–H and O–H groups in total. The zero-order valence-electron chi connectivity index (χ0n) is 14.0. The lowest BCUT2D eigenvalue weighted by Crippen LogP contribution is -2.36. The smallest absolute Gasteiger partial charge is 0.392 e. The Hall–Kier alpha value is -1.31. The van der Waals surface area contributed by atoms with Gasteiger partial charge in [0, 0.05) is 32.4 Å². The minimum Gasteiger partial charge on any atom is -0.392 e. The lowest BCUT2D eigenvalue weighted by molar-refractivity contribution is -0.137. The molecular formula is C17H23ClF3N3O. The number of aliphatic hydroxyl groups excluding tert-OH is 1. The number of anilines is 1. The van der Waals surface area contributed by atoms with Crippen LogP contribution in [0.25, 0.3) is 0 Å². The molecule has 1 aromatic heterocycles. The molecule has 1 aliphatic rings. The molecule has 25 heavy (non-hydrogen) atoms. The van der Waals surface area contributed by atoms with Gasteiger partial charge < -0.3 is 10.0 Å². The topological polar surface area (TPSA) is 39.6 Å². The highest BCUT2D eigenvalue weighted by molar-refractivity contribution is 6.33. The van der Waals surface area contributed by atoms with Crippen molar-refractivity contribution in [3.8, 4) is 0 Å². The van der Waals surface area contributed by atoms with Crippen molar-refractivity contribution in [3.05, 3.63) is 35.5 Å². The van der Waals surface area contributed by atoms with Crippen molar-refractivity contribution in [1.29, 1.82) is 0 Å². The van der Waals surface area contributed by atoms with Gasteiger partial charge in [-0.25, -0.2) is 4.98 Å². The number of alkyl halides is 3. The van der Waals surface area contributed by atoms with Gasteiger partial charge in [0.05, 0.1) is 16.7 Å². The maximum Gasteiger partial charge on any atom is 0.417 e. The van der Waals surface area contributed by atoms with E-state index in [1.165, 1.54) is 0 Å². The number of β-amino-alcohol motifs (C(OH)–C–C–N with tert-alkyl or cyclic N) is 1. The standard InChI is InChI=1S/C17H23ClF3N3O/c1-2-3-5-14(25)12-23-6-4-7-24(9-8-23)16-15(18)10-13(11-22-16)17(19,20)21/h2,10-11,14,25H,1,3-9,12H2. The highest BCUT2D eigenvalue weighted by atomic mass is 35.5.